The highest BCUT2D eigenvalue weighted by molar-refractivity contribution is 6.06. The molecule has 2 aliphatic heterocycles. The Morgan fingerprint density at radius 1 is 1.26 bits per heavy atom. The molecule has 4 nitrogen and oxygen atoms in total. The van der Waals surface area contributed by atoms with E-state index in [0.717, 1.165) is 49.1 Å². The second-order valence-electron chi connectivity index (χ2n) is 7.11. The van der Waals surface area contributed by atoms with Gasteiger partial charge in [0, 0.05) is 25.0 Å². The fourth-order valence-corrected chi connectivity index (χ4v) is 4.15. The average Bonchev–Trinajstić information content (AvgIpc) is 3.16. The van der Waals surface area contributed by atoms with Gasteiger partial charge < -0.3 is 14.2 Å². The predicted molar refractivity (Wildman–Crippen MR) is 90.6 cm³/mol. The third-order valence-electron chi connectivity index (χ3n) is 5.57. The number of hydrogen-bond donors (Lipinski definition) is 0. The maximum atomic E-state index is 13.0. The number of aryl methyl sites for hydroxylation is 1. The van der Waals surface area contributed by atoms with E-state index in [1.54, 1.807) is 6.26 Å². The average molecular weight is 312 g/mol. The lowest BCUT2D eigenvalue weighted by atomic mass is 9.89. The molecule has 122 valence electrons. The van der Waals surface area contributed by atoms with Crippen LogP contribution in [0.15, 0.2) is 28.9 Å². The molecule has 0 bridgehead atoms. The van der Waals surface area contributed by atoms with E-state index in [-0.39, 0.29) is 5.91 Å². The first-order valence-electron chi connectivity index (χ1n) is 8.63. The Kier molecular flexibility index (Phi) is 3.64. The maximum Gasteiger partial charge on any atom is 0.257 e. The summed E-state index contributed by atoms with van der Waals surface area (Å²) in [6, 6.07) is 6.15. The van der Waals surface area contributed by atoms with Gasteiger partial charge in [0.25, 0.3) is 5.91 Å². The summed E-state index contributed by atoms with van der Waals surface area (Å²) in [7, 11) is 2.18. The molecule has 1 amide bonds. The van der Waals surface area contributed by atoms with E-state index in [1.807, 2.05) is 11.0 Å². The van der Waals surface area contributed by atoms with Gasteiger partial charge >= 0.3 is 0 Å². The quantitative estimate of drug-likeness (QED) is 0.855. The molecule has 23 heavy (non-hydrogen) atoms. The minimum Gasteiger partial charge on any atom is -0.463 e. The lowest BCUT2D eigenvalue weighted by molar-refractivity contribution is 0.0785. The van der Waals surface area contributed by atoms with Gasteiger partial charge in [-0.3, -0.25) is 4.79 Å². The van der Waals surface area contributed by atoms with Crippen LogP contribution in [-0.2, 0) is 6.42 Å². The van der Waals surface area contributed by atoms with E-state index >= 15 is 0 Å². The Balaban J connectivity index is 1.60. The van der Waals surface area contributed by atoms with Crippen LogP contribution in [0.4, 0.5) is 0 Å². The second-order valence-corrected chi connectivity index (χ2v) is 7.11. The zero-order valence-electron chi connectivity index (χ0n) is 13.9. The zero-order chi connectivity index (χ0) is 16.0. The Morgan fingerprint density at radius 3 is 2.91 bits per heavy atom. The van der Waals surface area contributed by atoms with Crippen LogP contribution < -0.4 is 0 Å². The standard InChI is InChI=1S/C19H24N2O2/c1-3-13-4-5-18-16(8-13)17(12-23-18)19(22)21-10-14-6-7-20(2)9-15(14)11-21/h4-5,8,12,14-15H,3,6-7,9-11H2,1-2H3/t14-,15+/m0/s1. The molecular weight excluding hydrogens is 288 g/mol. The third kappa shape index (κ3) is 2.55. The number of rotatable bonds is 2. The van der Waals surface area contributed by atoms with Gasteiger partial charge in [-0.2, -0.15) is 0 Å². The number of carbonyl (C=O) groups is 1. The van der Waals surface area contributed by atoms with Crippen molar-refractivity contribution < 1.29 is 9.21 Å². The van der Waals surface area contributed by atoms with Gasteiger partial charge in [0.1, 0.15) is 11.8 Å². The first-order chi connectivity index (χ1) is 11.2. The summed E-state index contributed by atoms with van der Waals surface area (Å²) in [5, 5.41) is 0.960. The van der Waals surface area contributed by atoms with E-state index in [1.165, 1.54) is 12.0 Å². The van der Waals surface area contributed by atoms with Gasteiger partial charge in [-0.05, 0) is 56.0 Å². The highest BCUT2D eigenvalue weighted by Crippen LogP contribution is 2.33. The fraction of sp³-hybridized carbons (Fsp3) is 0.526. The smallest absolute Gasteiger partial charge is 0.257 e. The summed E-state index contributed by atoms with van der Waals surface area (Å²) < 4.78 is 5.61. The molecule has 2 fully saturated rings. The summed E-state index contributed by atoms with van der Waals surface area (Å²) in [5.74, 6) is 1.43. The lowest BCUT2D eigenvalue weighted by Gasteiger charge is -2.31. The molecule has 0 aliphatic carbocycles. The Morgan fingerprint density at radius 2 is 2.09 bits per heavy atom. The number of nitrogens with zero attached hydrogens (tertiary/aromatic N) is 2. The van der Waals surface area contributed by atoms with Crippen LogP contribution >= 0.6 is 0 Å². The SMILES string of the molecule is CCc1ccc2occ(C(=O)N3C[C@H]4CN(C)CC[C@H]4C3)c2c1. The Bertz CT molecular complexity index is 736. The van der Waals surface area contributed by atoms with Gasteiger partial charge in [0.15, 0.2) is 0 Å². The third-order valence-corrected chi connectivity index (χ3v) is 5.57. The van der Waals surface area contributed by atoms with Crippen LogP contribution in [0, 0.1) is 11.8 Å². The Hall–Kier alpha value is -1.81. The van der Waals surface area contributed by atoms with Crippen LogP contribution in [0.5, 0.6) is 0 Å². The summed E-state index contributed by atoms with van der Waals surface area (Å²) in [4.78, 5) is 17.4. The zero-order valence-corrected chi connectivity index (χ0v) is 13.9. The minimum absolute atomic E-state index is 0.133. The number of carbonyl (C=O) groups excluding carboxylic acids is 1. The minimum atomic E-state index is 0.133. The molecule has 4 heteroatoms. The number of hydrogen-bond acceptors (Lipinski definition) is 3. The van der Waals surface area contributed by atoms with Crippen molar-refractivity contribution in [2.75, 3.05) is 33.2 Å². The van der Waals surface area contributed by atoms with E-state index in [0.29, 0.717) is 11.8 Å². The molecule has 0 spiro atoms. The summed E-state index contributed by atoms with van der Waals surface area (Å²) in [6.45, 7) is 6.17. The molecule has 2 aliphatic rings. The van der Waals surface area contributed by atoms with Gasteiger partial charge in [-0.15, -0.1) is 0 Å². The van der Waals surface area contributed by atoms with Crippen LogP contribution in [0.1, 0.15) is 29.3 Å². The first-order valence-corrected chi connectivity index (χ1v) is 8.63. The lowest BCUT2D eigenvalue weighted by Crippen LogP contribution is -2.37. The van der Waals surface area contributed by atoms with Crippen molar-refractivity contribution in [2.24, 2.45) is 11.8 Å². The van der Waals surface area contributed by atoms with Gasteiger partial charge in [-0.25, -0.2) is 0 Å². The summed E-state index contributed by atoms with van der Waals surface area (Å²) in [6.07, 6.45) is 3.81. The van der Waals surface area contributed by atoms with Crippen molar-refractivity contribution in [1.82, 2.24) is 9.80 Å². The topological polar surface area (TPSA) is 36.7 Å². The number of piperidine rings is 1. The molecule has 1 aromatic carbocycles. The van der Waals surface area contributed by atoms with Crippen molar-refractivity contribution in [1.29, 1.82) is 0 Å². The number of benzene rings is 1. The van der Waals surface area contributed by atoms with Crippen LogP contribution in [0.3, 0.4) is 0 Å². The number of likely N-dealkylation sites (tertiary alicyclic amines) is 2. The molecule has 0 radical (unpaired) electrons. The van der Waals surface area contributed by atoms with Gasteiger partial charge in [0.2, 0.25) is 0 Å². The van der Waals surface area contributed by atoms with E-state index in [9.17, 15) is 4.79 Å². The molecule has 0 unspecified atom stereocenters. The molecule has 2 aromatic rings. The monoisotopic (exact) mass is 312 g/mol. The predicted octanol–water partition coefficient (Wildman–Crippen LogP) is 3.02. The Labute approximate surface area is 137 Å². The molecule has 0 saturated carbocycles. The van der Waals surface area contributed by atoms with Crippen molar-refractivity contribution in [3.63, 3.8) is 0 Å². The molecule has 3 heterocycles. The molecule has 2 saturated heterocycles. The number of furan rings is 1. The molecular formula is C19H24N2O2. The largest absolute Gasteiger partial charge is 0.463 e. The molecule has 2 atom stereocenters. The van der Waals surface area contributed by atoms with Gasteiger partial charge in [-0.1, -0.05) is 13.0 Å². The van der Waals surface area contributed by atoms with Crippen LogP contribution in [-0.4, -0.2) is 48.9 Å². The van der Waals surface area contributed by atoms with Crippen LogP contribution in [0.25, 0.3) is 11.0 Å². The normalized spacial score (nSPS) is 25.0. The number of fused-ring (bicyclic) bond motifs is 2. The summed E-state index contributed by atoms with van der Waals surface area (Å²) >= 11 is 0. The van der Waals surface area contributed by atoms with Crippen molar-refractivity contribution in [2.45, 2.75) is 19.8 Å². The second kappa shape index (κ2) is 5.68. The number of amides is 1. The van der Waals surface area contributed by atoms with Crippen molar-refractivity contribution in [3.8, 4) is 0 Å². The van der Waals surface area contributed by atoms with Gasteiger partial charge in [0.05, 0.1) is 5.56 Å². The highest BCUT2D eigenvalue weighted by Gasteiger charge is 2.38. The van der Waals surface area contributed by atoms with E-state index < -0.39 is 0 Å². The maximum absolute atomic E-state index is 13.0. The van der Waals surface area contributed by atoms with E-state index in [4.69, 9.17) is 4.42 Å². The molecule has 0 N–H and O–H groups in total. The van der Waals surface area contributed by atoms with E-state index in [2.05, 4.69) is 31.0 Å². The summed E-state index contributed by atoms with van der Waals surface area (Å²) in [5.41, 5.74) is 2.77. The highest BCUT2D eigenvalue weighted by atomic mass is 16.3. The molecule has 1 aromatic heterocycles. The van der Waals surface area contributed by atoms with Crippen molar-refractivity contribution in [3.05, 3.63) is 35.6 Å². The van der Waals surface area contributed by atoms with Crippen LogP contribution in [0.2, 0.25) is 0 Å². The molecule has 4 rings (SSSR count). The van der Waals surface area contributed by atoms with Crippen molar-refractivity contribution >= 4 is 16.9 Å². The fourth-order valence-electron chi connectivity index (χ4n) is 4.15. The first kappa shape index (κ1) is 14.8.